The Morgan fingerprint density at radius 2 is 1.86 bits per heavy atom. The first-order chi connectivity index (χ1) is 10.1. The van der Waals surface area contributed by atoms with E-state index in [0.717, 1.165) is 4.90 Å². The highest BCUT2D eigenvalue weighted by Gasteiger charge is 2.14. The SMILES string of the molecule is O=C(CSc1ccc(Cl)cc1)Nc1ccccc1[N+](=O)[O-]. The van der Waals surface area contributed by atoms with Gasteiger partial charge in [0.25, 0.3) is 5.69 Å². The first kappa shape index (κ1) is 15.3. The molecule has 0 aliphatic rings. The molecule has 0 bridgehead atoms. The maximum atomic E-state index is 11.8. The third kappa shape index (κ3) is 4.47. The summed E-state index contributed by atoms with van der Waals surface area (Å²) in [6.45, 7) is 0. The van der Waals surface area contributed by atoms with E-state index < -0.39 is 4.92 Å². The van der Waals surface area contributed by atoms with Crippen molar-refractivity contribution in [2.75, 3.05) is 11.1 Å². The molecule has 0 heterocycles. The van der Waals surface area contributed by atoms with E-state index in [1.807, 2.05) is 12.1 Å². The summed E-state index contributed by atoms with van der Waals surface area (Å²) in [5.74, 6) is -0.141. The average molecular weight is 323 g/mol. The summed E-state index contributed by atoms with van der Waals surface area (Å²) in [5.41, 5.74) is 0.0755. The number of nitrogens with one attached hydrogen (secondary N) is 1. The van der Waals surface area contributed by atoms with Crippen LogP contribution in [0.4, 0.5) is 11.4 Å². The molecule has 2 rings (SSSR count). The predicted octanol–water partition coefficient (Wildman–Crippen LogP) is 3.98. The van der Waals surface area contributed by atoms with Crippen molar-refractivity contribution in [1.82, 2.24) is 0 Å². The van der Waals surface area contributed by atoms with Gasteiger partial charge in [-0.1, -0.05) is 23.7 Å². The number of anilines is 1. The topological polar surface area (TPSA) is 72.2 Å². The number of carbonyl (C=O) groups is 1. The largest absolute Gasteiger partial charge is 0.320 e. The summed E-state index contributed by atoms with van der Waals surface area (Å²) in [5, 5.41) is 14.0. The van der Waals surface area contributed by atoms with Crippen LogP contribution in [0.25, 0.3) is 0 Å². The minimum Gasteiger partial charge on any atom is -0.320 e. The third-order valence-electron chi connectivity index (χ3n) is 2.56. The maximum Gasteiger partial charge on any atom is 0.292 e. The predicted molar refractivity (Wildman–Crippen MR) is 83.9 cm³/mol. The molecule has 7 heteroatoms. The fraction of sp³-hybridized carbons (Fsp3) is 0.0714. The average Bonchev–Trinajstić information content (AvgIpc) is 2.47. The van der Waals surface area contributed by atoms with Gasteiger partial charge in [-0.2, -0.15) is 0 Å². The minimum absolute atomic E-state index is 0.123. The summed E-state index contributed by atoms with van der Waals surface area (Å²) in [6.07, 6.45) is 0. The normalized spacial score (nSPS) is 10.1. The number of hydrogen-bond acceptors (Lipinski definition) is 4. The molecular weight excluding hydrogens is 312 g/mol. The highest BCUT2D eigenvalue weighted by atomic mass is 35.5. The number of nitro benzene ring substituents is 1. The number of nitrogens with zero attached hydrogens (tertiary/aromatic N) is 1. The van der Waals surface area contributed by atoms with Crippen LogP contribution in [0, 0.1) is 10.1 Å². The number of rotatable bonds is 5. The van der Waals surface area contributed by atoms with E-state index in [0.29, 0.717) is 5.02 Å². The van der Waals surface area contributed by atoms with E-state index in [1.165, 1.54) is 23.9 Å². The third-order valence-corrected chi connectivity index (χ3v) is 3.82. The smallest absolute Gasteiger partial charge is 0.292 e. The Morgan fingerprint density at radius 3 is 2.52 bits per heavy atom. The van der Waals surface area contributed by atoms with Gasteiger partial charge in [-0.05, 0) is 30.3 Å². The van der Waals surface area contributed by atoms with Crippen molar-refractivity contribution in [3.8, 4) is 0 Å². The van der Waals surface area contributed by atoms with Crippen molar-refractivity contribution in [2.24, 2.45) is 0 Å². The van der Waals surface area contributed by atoms with Gasteiger partial charge in [0.05, 0.1) is 10.7 Å². The number of benzene rings is 2. The van der Waals surface area contributed by atoms with E-state index >= 15 is 0 Å². The molecule has 0 atom stereocenters. The number of halogens is 1. The number of carbonyl (C=O) groups excluding carboxylic acids is 1. The van der Waals surface area contributed by atoms with E-state index in [4.69, 9.17) is 11.6 Å². The summed E-state index contributed by atoms with van der Waals surface area (Å²) < 4.78 is 0. The van der Waals surface area contributed by atoms with Gasteiger partial charge in [0.1, 0.15) is 5.69 Å². The number of nitro groups is 1. The molecule has 0 saturated heterocycles. The molecule has 2 aromatic carbocycles. The second-order valence-corrected chi connectivity index (χ2v) is 5.55. The Balaban J connectivity index is 1.96. The summed E-state index contributed by atoms with van der Waals surface area (Å²) in [4.78, 5) is 23.1. The van der Waals surface area contributed by atoms with Crippen LogP contribution in [-0.2, 0) is 4.79 Å². The molecule has 0 aliphatic heterocycles. The standard InChI is InChI=1S/C14H11ClN2O3S/c15-10-5-7-11(8-6-10)21-9-14(18)16-12-3-1-2-4-13(12)17(19)20/h1-8H,9H2,(H,16,18). The summed E-state index contributed by atoms with van der Waals surface area (Å²) in [7, 11) is 0. The van der Waals surface area contributed by atoms with Gasteiger partial charge in [0.2, 0.25) is 5.91 Å². The fourth-order valence-corrected chi connectivity index (χ4v) is 2.43. The second-order valence-electron chi connectivity index (χ2n) is 4.07. The van der Waals surface area contributed by atoms with Crippen molar-refractivity contribution < 1.29 is 9.72 Å². The zero-order valence-electron chi connectivity index (χ0n) is 10.8. The second kappa shape index (κ2) is 7.10. The van der Waals surface area contributed by atoms with Crippen LogP contribution in [-0.4, -0.2) is 16.6 Å². The quantitative estimate of drug-likeness (QED) is 0.513. The van der Waals surface area contributed by atoms with Crippen LogP contribution in [0.5, 0.6) is 0 Å². The zero-order valence-corrected chi connectivity index (χ0v) is 12.4. The molecule has 108 valence electrons. The van der Waals surface area contributed by atoms with Gasteiger partial charge in [-0.25, -0.2) is 0 Å². The molecular formula is C14H11ClN2O3S. The zero-order chi connectivity index (χ0) is 15.2. The molecule has 5 nitrogen and oxygen atoms in total. The number of para-hydroxylation sites is 2. The highest BCUT2D eigenvalue weighted by molar-refractivity contribution is 8.00. The van der Waals surface area contributed by atoms with Crippen LogP contribution >= 0.6 is 23.4 Å². The molecule has 0 saturated carbocycles. The lowest BCUT2D eigenvalue weighted by Gasteiger charge is -2.05. The lowest BCUT2D eigenvalue weighted by molar-refractivity contribution is -0.383. The Bertz CT molecular complexity index is 662. The van der Waals surface area contributed by atoms with Gasteiger partial charge >= 0.3 is 0 Å². The van der Waals surface area contributed by atoms with Crippen LogP contribution in [0.3, 0.4) is 0 Å². The van der Waals surface area contributed by atoms with Crippen molar-refractivity contribution in [3.05, 3.63) is 63.7 Å². The van der Waals surface area contributed by atoms with Crippen molar-refractivity contribution in [2.45, 2.75) is 4.90 Å². The lowest BCUT2D eigenvalue weighted by Crippen LogP contribution is -2.15. The molecule has 0 fully saturated rings. The molecule has 0 spiro atoms. The summed E-state index contributed by atoms with van der Waals surface area (Å²) in [6, 6.07) is 13.1. The van der Waals surface area contributed by atoms with Crippen LogP contribution in [0.1, 0.15) is 0 Å². The van der Waals surface area contributed by atoms with Gasteiger partial charge in [0.15, 0.2) is 0 Å². The van der Waals surface area contributed by atoms with Gasteiger partial charge in [-0.15, -0.1) is 11.8 Å². The molecule has 0 aliphatic carbocycles. The maximum absolute atomic E-state index is 11.8. The Kier molecular flexibility index (Phi) is 5.19. The molecule has 21 heavy (non-hydrogen) atoms. The van der Waals surface area contributed by atoms with Crippen LogP contribution in [0.2, 0.25) is 5.02 Å². The summed E-state index contributed by atoms with van der Waals surface area (Å²) >= 11 is 7.11. The number of thioether (sulfide) groups is 1. The Labute approximate surface area is 130 Å². The molecule has 0 unspecified atom stereocenters. The van der Waals surface area contributed by atoms with Crippen molar-refractivity contribution in [3.63, 3.8) is 0 Å². The first-order valence-electron chi connectivity index (χ1n) is 5.98. The van der Waals surface area contributed by atoms with Gasteiger partial charge in [-0.3, -0.25) is 14.9 Å². The van der Waals surface area contributed by atoms with E-state index in [9.17, 15) is 14.9 Å². The molecule has 1 amide bonds. The van der Waals surface area contributed by atoms with Gasteiger partial charge in [0, 0.05) is 16.0 Å². The van der Waals surface area contributed by atoms with E-state index in [2.05, 4.69) is 5.32 Å². The minimum atomic E-state index is -0.526. The van der Waals surface area contributed by atoms with Crippen molar-refractivity contribution >= 4 is 40.6 Å². The van der Waals surface area contributed by atoms with Crippen LogP contribution in [0.15, 0.2) is 53.4 Å². The van der Waals surface area contributed by atoms with E-state index in [1.54, 1.807) is 24.3 Å². The lowest BCUT2D eigenvalue weighted by atomic mass is 10.2. The molecule has 0 aromatic heterocycles. The monoisotopic (exact) mass is 322 g/mol. The number of amides is 1. The molecule has 2 aromatic rings. The fourth-order valence-electron chi connectivity index (χ4n) is 1.60. The Morgan fingerprint density at radius 1 is 1.19 bits per heavy atom. The highest BCUT2D eigenvalue weighted by Crippen LogP contribution is 2.24. The van der Waals surface area contributed by atoms with E-state index in [-0.39, 0.29) is 23.0 Å². The van der Waals surface area contributed by atoms with Crippen LogP contribution < -0.4 is 5.32 Å². The first-order valence-corrected chi connectivity index (χ1v) is 7.34. The van der Waals surface area contributed by atoms with Crippen molar-refractivity contribution in [1.29, 1.82) is 0 Å². The Hall–Kier alpha value is -2.05. The molecule has 1 N–H and O–H groups in total. The van der Waals surface area contributed by atoms with Gasteiger partial charge < -0.3 is 5.32 Å². The molecule has 0 radical (unpaired) electrons. The number of hydrogen-bond donors (Lipinski definition) is 1.